The molecule has 0 aliphatic carbocycles. The van der Waals surface area contributed by atoms with Crippen LogP contribution in [0.2, 0.25) is 0 Å². The van der Waals surface area contributed by atoms with Gasteiger partial charge in [-0.3, -0.25) is 4.79 Å². The van der Waals surface area contributed by atoms with Gasteiger partial charge < -0.3 is 4.74 Å². The van der Waals surface area contributed by atoms with Crippen molar-refractivity contribution in [2.45, 2.75) is 13.7 Å². The number of fused-ring (bicyclic) bond motifs is 1. The molecule has 23 heavy (non-hydrogen) atoms. The third-order valence-electron chi connectivity index (χ3n) is 3.23. The summed E-state index contributed by atoms with van der Waals surface area (Å²) in [7, 11) is 0. The van der Waals surface area contributed by atoms with Gasteiger partial charge in [-0.15, -0.1) is 16.4 Å². The smallest absolute Gasteiger partial charge is 0.332 e. The molecule has 0 spiro atoms. The molecule has 6 nitrogen and oxygen atoms in total. The van der Waals surface area contributed by atoms with E-state index < -0.39 is 5.97 Å². The average Bonchev–Trinajstić information content (AvgIpc) is 2.98. The van der Waals surface area contributed by atoms with E-state index >= 15 is 0 Å². The van der Waals surface area contributed by atoms with E-state index in [1.165, 1.54) is 17.4 Å². The lowest BCUT2D eigenvalue weighted by atomic mass is 10.2. The maximum atomic E-state index is 12.2. The van der Waals surface area contributed by atoms with E-state index in [0.717, 1.165) is 15.1 Å². The fourth-order valence-corrected chi connectivity index (χ4v) is 2.80. The third kappa shape index (κ3) is 3.35. The van der Waals surface area contributed by atoms with Crippen molar-refractivity contribution in [2.24, 2.45) is 0 Å². The summed E-state index contributed by atoms with van der Waals surface area (Å²) in [5, 5.41) is 10.1. The second-order valence-electron chi connectivity index (χ2n) is 4.80. The molecule has 0 amide bonds. The molecule has 116 valence electrons. The Morgan fingerprint density at radius 3 is 2.96 bits per heavy atom. The molecule has 0 bridgehead atoms. The Morgan fingerprint density at radius 2 is 2.17 bits per heavy atom. The van der Waals surface area contributed by atoms with Gasteiger partial charge in [-0.1, -0.05) is 17.3 Å². The molecule has 0 radical (unpaired) electrons. The lowest BCUT2D eigenvalue weighted by Gasteiger charge is -2.04. The van der Waals surface area contributed by atoms with E-state index in [4.69, 9.17) is 4.74 Å². The lowest BCUT2D eigenvalue weighted by molar-refractivity contribution is -0.141. The first kappa shape index (κ1) is 15.1. The van der Waals surface area contributed by atoms with Gasteiger partial charge in [0.1, 0.15) is 5.52 Å². The van der Waals surface area contributed by atoms with Gasteiger partial charge in [0.25, 0.3) is 5.56 Å². The van der Waals surface area contributed by atoms with Crippen LogP contribution in [0.25, 0.3) is 17.0 Å². The number of nitrogens with zero attached hydrogens (tertiary/aromatic N) is 3. The largest absolute Gasteiger partial charge is 0.439 e. The van der Waals surface area contributed by atoms with Crippen LogP contribution in [-0.4, -0.2) is 21.0 Å². The minimum absolute atomic E-state index is 0.275. The van der Waals surface area contributed by atoms with Crippen molar-refractivity contribution in [3.63, 3.8) is 0 Å². The average molecular weight is 327 g/mol. The van der Waals surface area contributed by atoms with Crippen molar-refractivity contribution in [3.05, 3.63) is 62.6 Å². The molecule has 2 aromatic heterocycles. The molecule has 1 aromatic carbocycles. The summed E-state index contributed by atoms with van der Waals surface area (Å²) in [6.07, 6.45) is 3.02. The number of ether oxygens (including phenoxy) is 1. The van der Waals surface area contributed by atoms with E-state index in [9.17, 15) is 9.59 Å². The quantitative estimate of drug-likeness (QED) is 0.543. The Bertz CT molecular complexity index is 943. The highest BCUT2D eigenvalue weighted by molar-refractivity contribution is 7.11. The van der Waals surface area contributed by atoms with Crippen LogP contribution in [-0.2, 0) is 16.3 Å². The van der Waals surface area contributed by atoms with E-state index in [1.807, 2.05) is 18.4 Å². The summed E-state index contributed by atoms with van der Waals surface area (Å²) >= 11 is 1.54. The minimum atomic E-state index is -0.542. The highest BCUT2D eigenvalue weighted by Crippen LogP contribution is 2.16. The fourth-order valence-electron chi connectivity index (χ4n) is 1.98. The van der Waals surface area contributed by atoms with E-state index in [0.29, 0.717) is 10.9 Å². The highest BCUT2D eigenvalue weighted by atomic mass is 32.1. The Kier molecular flexibility index (Phi) is 4.29. The number of aryl methyl sites for hydroxylation is 1. The first-order chi connectivity index (χ1) is 11.1. The van der Waals surface area contributed by atoms with E-state index in [-0.39, 0.29) is 12.3 Å². The molecule has 0 aliphatic heterocycles. The number of carbonyl (C=O) groups excluding carboxylic acids is 1. The van der Waals surface area contributed by atoms with Crippen LogP contribution < -0.4 is 5.56 Å². The standard InChI is InChI=1S/C16H13N3O3S/c1-11-8-9-23-14(11)6-7-15(20)22-10-19-16(21)12-4-2-3-5-13(12)17-18-19/h2-9H,10H2,1H3/b7-6+. The predicted molar refractivity (Wildman–Crippen MR) is 88.0 cm³/mol. The SMILES string of the molecule is Cc1ccsc1/C=C/C(=O)OCn1nnc2ccccc2c1=O. The summed E-state index contributed by atoms with van der Waals surface area (Å²) in [6, 6.07) is 8.85. The van der Waals surface area contributed by atoms with Gasteiger partial charge in [0.2, 0.25) is 0 Å². The number of benzene rings is 1. The molecule has 0 unspecified atom stereocenters. The van der Waals surface area contributed by atoms with Gasteiger partial charge in [-0.25, -0.2) is 4.79 Å². The number of aromatic nitrogens is 3. The van der Waals surface area contributed by atoms with Gasteiger partial charge in [0, 0.05) is 11.0 Å². The van der Waals surface area contributed by atoms with Crippen LogP contribution in [0.5, 0.6) is 0 Å². The maximum Gasteiger partial charge on any atom is 0.332 e. The molecule has 7 heteroatoms. The Morgan fingerprint density at radius 1 is 1.35 bits per heavy atom. The van der Waals surface area contributed by atoms with Crippen molar-refractivity contribution < 1.29 is 9.53 Å². The van der Waals surface area contributed by atoms with Crippen LogP contribution in [0.4, 0.5) is 0 Å². The Balaban J connectivity index is 1.70. The lowest BCUT2D eigenvalue weighted by Crippen LogP contribution is -2.26. The summed E-state index contributed by atoms with van der Waals surface area (Å²) < 4.78 is 6.05. The first-order valence-corrected chi connectivity index (χ1v) is 7.74. The zero-order valence-corrected chi connectivity index (χ0v) is 13.1. The molecule has 0 saturated heterocycles. The van der Waals surface area contributed by atoms with Crippen molar-refractivity contribution in [3.8, 4) is 0 Å². The topological polar surface area (TPSA) is 74.1 Å². The molecule has 0 saturated carbocycles. The number of hydrogen-bond acceptors (Lipinski definition) is 6. The molecule has 3 rings (SSSR count). The molecular formula is C16H13N3O3S. The number of esters is 1. The zero-order chi connectivity index (χ0) is 16.2. The van der Waals surface area contributed by atoms with Gasteiger partial charge in [-0.2, -0.15) is 4.68 Å². The predicted octanol–water partition coefficient (Wildman–Crippen LogP) is 2.38. The van der Waals surface area contributed by atoms with Gasteiger partial charge in [0.05, 0.1) is 5.39 Å². The minimum Gasteiger partial charge on any atom is -0.439 e. The van der Waals surface area contributed by atoms with Crippen molar-refractivity contribution in [1.82, 2.24) is 15.0 Å². The monoisotopic (exact) mass is 327 g/mol. The zero-order valence-electron chi connectivity index (χ0n) is 12.3. The van der Waals surface area contributed by atoms with E-state index in [2.05, 4.69) is 10.3 Å². The van der Waals surface area contributed by atoms with Crippen molar-refractivity contribution >= 4 is 34.3 Å². The fraction of sp³-hybridized carbons (Fsp3) is 0.125. The first-order valence-electron chi connectivity index (χ1n) is 6.86. The van der Waals surface area contributed by atoms with Crippen LogP contribution >= 0.6 is 11.3 Å². The van der Waals surface area contributed by atoms with Gasteiger partial charge >= 0.3 is 5.97 Å². The Labute approximate surface area is 135 Å². The number of hydrogen-bond donors (Lipinski definition) is 0. The third-order valence-corrected chi connectivity index (χ3v) is 4.22. The molecule has 2 heterocycles. The van der Waals surface area contributed by atoms with Crippen LogP contribution in [0.1, 0.15) is 10.4 Å². The number of thiophene rings is 1. The second-order valence-corrected chi connectivity index (χ2v) is 5.75. The molecule has 3 aromatic rings. The van der Waals surface area contributed by atoms with E-state index in [1.54, 1.807) is 30.3 Å². The summed E-state index contributed by atoms with van der Waals surface area (Å²) in [5.74, 6) is -0.542. The van der Waals surface area contributed by atoms with Crippen molar-refractivity contribution in [2.75, 3.05) is 0 Å². The molecule has 0 fully saturated rings. The van der Waals surface area contributed by atoms with Crippen LogP contribution in [0.15, 0.2) is 46.6 Å². The van der Waals surface area contributed by atoms with Crippen LogP contribution in [0.3, 0.4) is 0 Å². The summed E-state index contributed by atoms with van der Waals surface area (Å²) in [5.41, 5.74) is 1.25. The van der Waals surface area contributed by atoms with Gasteiger partial charge in [-0.05, 0) is 42.1 Å². The second kappa shape index (κ2) is 6.53. The van der Waals surface area contributed by atoms with Crippen LogP contribution in [0, 0.1) is 6.92 Å². The van der Waals surface area contributed by atoms with Crippen molar-refractivity contribution in [1.29, 1.82) is 0 Å². The summed E-state index contributed by atoms with van der Waals surface area (Å²) in [4.78, 5) is 24.9. The molecule has 0 atom stereocenters. The normalized spacial score (nSPS) is 11.2. The highest BCUT2D eigenvalue weighted by Gasteiger charge is 2.06. The molecule has 0 N–H and O–H groups in total. The van der Waals surface area contributed by atoms with Gasteiger partial charge in [0.15, 0.2) is 6.73 Å². The molecule has 0 aliphatic rings. The maximum absolute atomic E-state index is 12.2. The number of carbonyl (C=O) groups is 1. The summed E-state index contributed by atoms with van der Waals surface area (Å²) in [6.45, 7) is 1.69. The molecular weight excluding hydrogens is 314 g/mol. The Hall–Kier alpha value is -2.80. The number of rotatable bonds is 4.